The van der Waals surface area contributed by atoms with Crippen LogP contribution in [0.15, 0.2) is 0 Å². The van der Waals surface area contributed by atoms with Crippen LogP contribution < -0.4 is 10.6 Å². The Hall–Kier alpha value is -2.03. The predicted molar refractivity (Wildman–Crippen MR) is 106 cm³/mol. The first-order valence-electron chi connectivity index (χ1n) is 9.98. The first-order chi connectivity index (χ1) is 13.1. The van der Waals surface area contributed by atoms with Gasteiger partial charge in [0.05, 0.1) is 24.7 Å². The molecule has 29 heavy (non-hydrogen) atoms. The summed E-state index contributed by atoms with van der Waals surface area (Å²) in [5.74, 6) is -1.76. The lowest BCUT2D eigenvalue weighted by Crippen LogP contribution is -2.50. The zero-order chi connectivity index (χ0) is 22.6. The summed E-state index contributed by atoms with van der Waals surface area (Å²) in [6.45, 7) is 14.0. The standard InChI is InChI=1S/C20H36N2O7/c1-9-27-16(24)13-10-12(11(2)21-17(25)28-19(3,4)5)15(23)14(13)22-18(26)29-20(6,7)8/h11-15,23H,9-10H2,1-8H3,(H,21,25)(H,22,26)/t11?,12?,13-,14-,15?/m1/s1. The molecular weight excluding hydrogens is 380 g/mol. The number of aliphatic hydroxyl groups excluding tert-OH is 1. The lowest BCUT2D eigenvalue weighted by Gasteiger charge is -2.28. The summed E-state index contributed by atoms with van der Waals surface area (Å²) in [7, 11) is 0. The quantitative estimate of drug-likeness (QED) is 0.464. The molecule has 0 radical (unpaired) electrons. The highest BCUT2D eigenvalue weighted by molar-refractivity contribution is 5.76. The Morgan fingerprint density at radius 1 is 1.03 bits per heavy atom. The maximum absolute atomic E-state index is 12.4. The molecule has 0 aromatic carbocycles. The summed E-state index contributed by atoms with van der Waals surface area (Å²) in [6, 6.07) is -1.39. The molecule has 3 unspecified atom stereocenters. The van der Waals surface area contributed by atoms with Crippen LogP contribution in [0.1, 0.15) is 61.8 Å². The molecule has 0 heterocycles. The van der Waals surface area contributed by atoms with E-state index in [1.807, 2.05) is 0 Å². The van der Waals surface area contributed by atoms with Crippen LogP contribution in [0.5, 0.6) is 0 Å². The number of carbonyl (C=O) groups is 3. The van der Waals surface area contributed by atoms with E-state index in [0.29, 0.717) is 0 Å². The van der Waals surface area contributed by atoms with Gasteiger partial charge < -0.3 is 30.0 Å². The number of rotatable bonds is 5. The highest BCUT2D eigenvalue weighted by Gasteiger charge is 2.49. The van der Waals surface area contributed by atoms with E-state index in [0.717, 1.165) is 0 Å². The van der Waals surface area contributed by atoms with E-state index in [1.165, 1.54) is 0 Å². The van der Waals surface area contributed by atoms with Crippen LogP contribution in [-0.4, -0.2) is 59.3 Å². The van der Waals surface area contributed by atoms with Gasteiger partial charge in [-0.2, -0.15) is 0 Å². The Morgan fingerprint density at radius 3 is 2.03 bits per heavy atom. The van der Waals surface area contributed by atoms with Crippen molar-refractivity contribution in [2.75, 3.05) is 6.61 Å². The summed E-state index contributed by atoms with van der Waals surface area (Å²) in [4.78, 5) is 36.7. The molecule has 0 aromatic rings. The normalized spacial score (nSPS) is 25.7. The van der Waals surface area contributed by atoms with Crippen molar-refractivity contribution in [2.45, 2.75) is 91.2 Å². The van der Waals surface area contributed by atoms with Crippen molar-refractivity contribution in [1.29, 1.82) is 0 Å². The van der Waals surface area contributed by atoms with Crippen LogP contribution >= 0.6 is 0 Å². The van der Waals surface area contributed by atoms with E-state index in [2.05, 4.69) is 10.6 Å². The van der Waals surface area contributed by atoms with E-state index in [4.69, 9.17) is 14.2 Å². The van der Waals surface area contributed by atoms with Crippen LogP contribution in [0.25, 0.3) is 0 Å². The Kier molecular flexibility index (Phi) is 8.32. The molecule has 2 amide bonds. The van der Waals surface area contributed by atoms with Crippen LogP contribution in [0, 0.1) is 11.8 Å². The molecule has 5 atom stereocenters. The van der Waals surface area contributed by atoms with Crippen molar-refractivity contribution in [2.24, 2.45) is 11.8 Å². The first-order valence-corrected chi connectivity index (χ1v) is 9.98. The van der Waals surface area contributed by atoms with Crippen molar-refractivity contribution in [1.82, 2.24) is 10.6 Å². The molecule has 1 saturated carbocycles. The first kappa shape index (κ1) is 25.0. The zero-order valence-electron chi connectivity index (χ0n) is 18.7. The lowest BCUT2D eigenvalue weighted by molar-refractivity contribution is -0.148. The van der Waals surface area contributed by atoms with Gasteiger partial charge in [-0.05, 0) is 61.8 Å². The summed E-state index contributed by atoms with van der Waals surface area (Å²) < 4.78 is 15.6. The molecule has 9 nitrogen and oxygen atoms in total. The van der Waals surface area contributed by atoms with Gasteiger partial charge in [-0.15, -0.1) is 0 Å². The molecule has 0 bridgehead atoms. The van der Waals surface area contributed by atoms with Crippen molar-refractivity contribution in [3.63, 3.8) is 0 Å². The van der Waals surface area contributed by atoms with Crippen molar-refractivity contribution >= 4 is 18.2 Å². The number of hydrogen-bond donors (Lipinski definition) is 3. The summed E-state index contributed by atoms with van der Waals surface area (Å²) in [5, 5.41) is 16.1. The molecule has 0 saturated heterocycles. The fourth-order valence-electron chi connectivity index (χ4n) is 3.31. The Balaban J connectivity index is 2.92. The molecular formula is C20H36N2O7. The smallest absolute Gasteiger partial charge is 0.407 e. The van der Waals surface area contributed by atoms with Gasteiger partial charge in [0.2, 0.25) is 0 Å². The van der Waals surface area contributed by atoms with Gasteiger partial charge in [0.15, 0.2) is 0 Å². The maximum atomic E-state index is 12.4. The Morgan fingerprint density at radius 2 is 1.55 bits per heavy atom. The molecule has 1 aliphatic carbocycles. The van der Waals surface area contributed by atoms with Crippen molar-refractivity contribution in [3.8, 4) is 0 Å². The van der Waals surface area contributed by atoms with Gasteiger partial charge >= 0.3 is 18.2 Å². The SMILES string of the molecule is CCOC(=O)[C@@H]1CC(C(C)NC(=O)OC(C)(C)C)C(O)[C@@H]1NC(=O)OC(C)(C)C. The molecule has 0 spiro atoms. The average molecular weight is 417 g/mol. The predicted octanol–water partition coefficient (Wildman–Crippen LogP) is 2.35. The topological polar surface area (TPSA) is 123 Å². The van der Waals surface area contributed by atoms with Gasteiger partial charge in [-0.25, -0.2) is 9.59 Å². The summed E-state index contributed by atoms with van der Waals surface area (Å²) in [6.07, 6.45) is -2.20. The largest absolute Gasteiger partial charge is 0.466 e. The molecule has 1 aliphatic rings. The number of hydrogen-bond acceptors (Lipinski definition) is 7. The molecule has 1 rings (SSSR count). The van der Waals surface area contributed by atoms with Crippen LogP contribution in [-0.2, 0) is 19.0 Å². The highest BCUT2D eigenvalue weighted by atomic mass is 16.6. The average Bonchev–Trinajstić information content (AvgIpc) is 2.81. The summed E-state index contributed by atoms with van der Waals surface area (Å²) >= 11 is 0. The van der Waals surface area contributed by atoms with Crippen LogP contribution in [0.4, 0.5) is 9.59 Å². The van der Waals surface area contributed by atoms with E-state index in [1.54, 1.807) is 55.4 Å². The van der Waals surface area contributed by atoms with E-state index in [9.17, 15) is 19.5 Å². The number of aliphatic hydroxyl groups is 1. The number of esters is 1. The fraction of sp³-hybridized carbons (Fsp3) is 0.850. The Bertz CT molecular complexity index is 595. The van der Waals surface area contributed by atoms with E-state index < -0.39 is 59.4 Å². The molecule has 168 valence electrons. The van der Waals surface area contributed by atoms with E-state index >= 15 is 0 Å². The molecule has 0 aromatic heterocycles. The monoisotopic (exact) mass is 416 g/mol. The minimum absolute atomic E-state index is 0.182. The third-order valence-corrected chi connectivity index (χ3v) is 4.43. The van der Waals surface area contributed by atoms with Gasteiger partial charge in [0.1, 0.15) is 11.2 Å². The number of carbonyl (C=O) groups excluding carboxylic acids is 3. The third kappa shape index (κ3) is 8.08. The van der Waals surface area contributed by atoms with Gasteiger partial charge in [-0.1, -0.05) is 0 Å². The summed E-state index contributed by atoms with van der Waals surface area (Å²) in [5.41, 5.74) is -1.38. The minimum atomic E-state index is -1.08. The molecule has 3 N–H and O–H groups in total. The van der Waals surface area contributed by atoms with Gasteiger partial charge in [-0.3, -0.25) is 4.79 Å². The second kappa shape index (κ2) is 9.65. The Labute approximate surface area is 172 Å². The maximum Gasteiger partial charge on any atom is 0.407 e. The second-order valence-corrected chi connectivity index (χ2v) is 9.36. The number of nitrogens with one attached hydrogen (secondary N) is 2. The van der Waals surface area contributed by atoms with E-state index in [-0.39, 0.29) is 13.0 Å². The minimum Gasteiger partial charge on any atom is -0.466 e. The third-order valence-electron chi connectivity index (χ3n) is 4.43. The van der Waals surface area contributed by atoms with Crippen LogP contribution in [0.2, 0.25) is 0 Å². The van der Waals surface area contributed by atoms with Crippen molar-refractivity contribution in [3.05, 3.63) is 0 Å². The van der Waals surface area contributed by atoms with Crippen LogP contribution in [0.3, 0.4) is 0 Å². The zero-order valence-corrected chi connectivity index (χ0v) is 18.7. The highest BCUT2D eigenvalue weighted by Crippen LogP contribution is 2.35. The van der Waals surface area contributed by atoms with Gasteiger partial charge in [0, 0.05) is 12.0 Å². The van der Waals surface area contributed by atoms with Gasteiger partial charge in [0.25, 0.3) is 0 Å². The number of alkyl carbamates (subject to hydrolysis) is 2. The van der Waals surface area contributed by atoms with Crippen molar-refractivity contribution < 1.29 is 33.7 Å². The molecule has 1 fully saturated rings. The second-order valence-electron chi connectivity index (χ2n) is 9.36. The number of ether oxygens (including phenoxy) is 3. The molecule has 9 heteroatoms. The number of amides is 2. The fourth-order valence-corrected chi connectivity index (χ4v) is 3.31. The molecule has 0 aliphatic heterocycles. The lowest BCUT2D eigenvalue weighted by atomic mass is 9.96.